The van der Waals surface area contributed by atoms with E-state index in [1.807, 2.05) is 45.0 Å². The number of primary amides is 1. The molecular formula is C26H33N5O4. The first-order valence-electron chi connectivity index (χ1n) is 11.6. The van der Waals surface area contributed by atoms with E-state index < -0.39 is 11.6 Å². The van der Waals surface area contributed by atoms with Gasteiger partial charge in [-0.3, -0.25) is 19.9 Å². The summed E-state index contributed by atoms with van der Waals surface area (Å²) in [7, 11) is 0. The number of rotatable bonds is 12. The Balaban J connectivity index is 2.14. The number of anilines is 2. The van der Waals surface area contributed by atoms with Crippen LogP contribution in [0.25, 0.3) is 10.9 Å². The molecule has 1 aromatic heterocycles. The van der Waals surface area contributed by atoms with Crippen molar-refractivity contribution in [3.05, 3.63) is 53.2 Å². The lowest BCUT2D eigenvalue weighted by atomic mass is 10.0. The molecule has 0 unspecified atom stereocenters. The van der Waals surface area contributed by atoms with Gasteiger partial charge in [0.25, 0.3) is 5.91 Å². The Bertz CT molecular complexity index is 1230. The standard InChI is InChI=1S/C26H33N5O4/c1-5-17-16(13-30-26(4,28)15-32)9-8-10-20(17)31-24-18-11-22(34-6-2)23(35-7-3)12-21(18)29-14-19(24)25(27)33/h8-12,14-15,30H,5-7,13,28H2,1-4H3,(H2,27,33)(H,29,31)/t26-/m0/s1. The average molecular weight is 480 g/mol. The van der Waals surface area contributed by atoms with E-state index in [-0.39, 0.29) is 5.56 Å². The Labute approximate surface area is 205 Å². The van der Waals surface area contributed by atoms with E-state index in [9.17, 15) is 9.59 Å². The molecule has 6 N–H and O–H groups in total. The van der Waals surface area contributed by atoms with E-state index in [2.05, 4.69) is 15.6 Å². The van der Waals surface area contributed by atoms with Gasteiger partial charge in [-0.1, -0.05) is 19.1 Å². The van der Waals surface area contributed by atoms with Gasteiger partial charge in [-0.05, 0) is 50.5 Å². The summed E-state index contributed by atoms with van der Waals surface area (Å²) >= 11 is 0. The SMILES string of the molecule is CCOc1cc2ncc(C(N)=O)c(Nc3cccc(CN[C@](C)(N)C=O)c3CC)c2cc1OCC. The summed E-state index contributed by atoms with van der Waals surface area (Å²) in [6.07, 6.45) is 2.84. The molecule has 0 spiro atoms. The number of carbonyl (C=O) groups is 2. The molecule has 3 aromatic rings. The maximum absolute atomic E-state index is 12.3. The molecule has 9 heteroatoms. The van der Waals surface area contributed by atoms with Crippen molar-refractivity contribution in [3.8, 4) is 11.5 Å². The van der Waals surface area contributed by atoms with Gasteiger partial charge in [-0.25, -0.2) is 0 Å². The minimum Gasteiger partial charge on any atom is -0.490 e. The Morgan fingerprint density at radius 2 is 1.83 bits per heavy atom. The van der Waals surface area contributed by atoms with E-state index in [0.29, 0.717) is 60.6 Å². The van der Waals surface area contributed by atoms with E-state index in [0.717, 1.165) is 16.8 Å². The summed E-state index contributed by atoms with van der Waals surface area (Å²) < 4.78 is 11.5. The van der Waals surface area contributed by atoms with E-state index >= 15 is 0 Å². The van der Waals surface area contributed by atoms with E-state index in [1.54, 1.807) is 13.0 Å². The molecule has 0 fully saturated rings. The Morgan fingerprint density at radius 1 is 1.14 bits per heavy atom. The fourth-order valence-electron chi connectivity index (χ4n) is 3.85. The van der Waals surface area contributed by atoms with Crippen molar-refractivity contribution in [2.45, 2.75) is 46.3 Å². The lowest BCUT2D eigenvalue weighted by Crippen LogP contribution is -2.51. The number of hydrogen-bond donors (Lipinski definition) is 4. The van der Waals surface area contributed by atoms with Crippen molar-refractivity contribution in [2.75, 3.05) is 18.5 Å². The largest absolute Gasteiger partial charge is 0.490 e. The van der Waals surface area contributed by atoms with Crippen molar-refractivity contribution in [3.63, 3.8) is 0 Å². The van der Waals surface area contributed by atoms with E-state index in [1.165, 1.54) is 6.20 Å². The zero-order valence-corrected chi connectivity index (χ0v) is 20.6. The number of carbonyl (C=O) groups excluding carboxylic acids is 2. The number of aromatic nitrogens is 1. The number of aldehydes is 1. The number of nitrogens with zero attached hydrogens (tertiary/aromatic N) is 1. The van der Waals surface area contributed by atoms with Crippen LogP contribution in [-0.2, 0) is 17.8 Å². The summed E-state index contributed by atoms with van der Waals surface area (Å²) in [6.45, 7) is 8.76. The maximum Gasteiger partial charge on any atom is 0.252 e. The molecule has 1 atom stereocenters. The Kier molecular flexibility index (Phi) is 8.26. The lowest BCUT2D eigenvalue weighted by Gasteiger charge is -2.22. The number of hydrogen-bond acceptors (Lipinski definition) is 8. The molecule has 35 heavy (non-hydrogen) atoms. The number of nitrogens with one attached hydrogen (secondary N) is 2. The van der Waals surface area contributed by atoms with Crippen molar-refractivity contribution >= 4 is 34.5 Å². The van der Waals surface area contributed by atoms with Crippen LogP contribution in [0.15, 0.2) is 36.5 Å². The molecule has 2 aromatic carbocycles. The zero-order chi connectivity index (χ0) is 25.6. The average Bonchev–Trinajstić information content (AvgIpc) is 2.83. The van der Waals surface area contributed by atoms with Gasteiger partial charge >= 0.3 is 0 Å². The second kappa shape index (κ2) is 11.2. The molecule has 0 saturated carbocycles. The Hall–Kier alpha value is -3.69. The third kappa shape index (κ3) is 5.87. The number of fused-ring (bicyclic) bond motifs is 1. The van der Waals surface area contributed by atoms with Crippen LogP contribution in [0.4, 0.5) is 11.4 Å². The van der Waals surface area contributed by atoms with Gasteiger partial charge < -0.3 is 26.3 Å². The first-order valence-corrected chi connectivity index (χ1v) is 11.6. The Morgan fingerprint density at radius 3 is 2.43 bits per heavy atom. The van der Waals surface area contributed by atoms with E-state index in [4.69, 9.17) is 20.9 Å². The highest BCUT2D eigenvalue weighted by Gasteiger charge is 2.20. The quantitative estimate of drug-likeness (QED) is 0.229. The van der Waals surface area contributed by atoms with Crippen molar-refractivity contribution in [1.29, 1.82) is 0 Å². The lowest BCUT2D eigenvalue weighted by molar-refractivity contribution is -0.112. The first kappa shape index (κ1) is 25.9. The molecule has 0 radical (unpaired) electrons. The van der Waals surface area contributed by atoms with Gasteiger partial charge in [0.15, 0.2) is 17.8 Å². The summed E-state index contributed by atoms with van der Waals surface area (Å²) in [5.74, 6) is 0.530. The van der Waals surface area contributed by atoms with Gasteiger partial charge in [-0.2, -0.15) is 0 Å². The number of ether oxygens (including phenoxy) is 2. The van der Waals surface area contributed by atoms with Crippen LogP contribution < -0.4 is 31.6 Å². The summed E-state index contributed by atoms with van der Waals surface area (Å²) in [5.41, 5.74) is 14.7. The minimum absolute atomic E-state index is 0.255. The summed E-state index contributed by atoms with van der Waals surface area (Å²) in [6, 6.07) is 9.41. The molecule has 0 aliphatic carbocycles. The molecule has 1 amide bonds. The second-order valence-corrected chi connectivity index (χ2v) is 8.27. The highest BCUT2D eigenvalue weighted by molar-refractivity contribution is 6.08. The fraction of sp³-hybridized carbons (Fsp3) is 0.346. The highest BCUT2D eigenvalue weighted by atomic mass is 16.5. The van der Waals surface area contributed by atoms with Crippen molar-refractivity contribution in [2.24, 2.45) is 11.5 Å². The normalized spacial score (nSPS) is 12.7. The van der Waals surface area contributed by atoms with Crippen LogP contribution in [0, 0.1) is 0 Å². The predicted octanol–water partition coefficient (Wildman–Crippen LogP) is 3.40. The van der Waals surface area contributed by atoms with Crippen LogP contribution in [-0.4, -0.2) is 36.1 Å². The molecule has 0 aliphatic heterocycles. The summed E-state index contributed by atoms with van der Waals surface area (Å²) in [5, 5.41) is 7.16. The molecule has 9 nitrogen and oxygen atoms in total. The van der Waals surface area contributed by atoms with Crippen molar-refractivity contribution in [1.82, 2.24) is 10.3 Å². The molecular weight excluding hydrogens is 446 g/mol. The number of pyridine rings is 1. The van der Waals surface area contributed by atoms with Crippen LogP contribution in [0.5, 0.6) is 11.5 Å². The number of benzene rings is 2. The van der Waals surface area contributed by atoms with Gasteiger partial charge in [0, 0.05) is 29.9 Å². The van der Waals surface area contributed by atoms with Gasteiger partial charge in [0.2, 0.25) is 0 Å². The first-order chi connectivity index (χ1) is 16.7. The third-order valence-electron chi connectivity index (χ3n) is 5.59. The van der Waals surface area contributed by atoms with Gasteiger partial charge in [0.1, 0.15) is 5.66 Å². The summed E-state index contributed by atoms with van der Waals surface area (Å²) in [4.78, 5) is 28.0. The topological polar surface area (TPSA) is 142 Å². The number of amides is 1. The van der Waals surface area contributed by atoms with Gasteiger partial charge in [0.05, 0.1) is 30.0 Å². The molecule has 3 rings (SSSR count). The molecule has 1 heterocycles. The second-order valence-electron chi connectivity index (χ2n) is 8.27. The van der Waals surface area contributed by atoms with Crippen LogP contribution >= 0.6 is 0 Å². The molecule has 0 bridgehead atoms. The van der Waals surface area contributed by atoms with Gasteiger partial charge in [-0.15, -0.1) is 0 Å². The highest BCUT2D eigenvalue weighted by Crippen LogP contribution is 2.38. The smallest absolute Gasteiger partial charge is 0.252 e. The minimum atomic E-state index is -1.14. The van der Waals surface area contributed by atoms with Crippen LogP contribution in [0.2, 0.25) is 0 Å². The fourth-order valence-corrected chi connectivity index (χ4v) is 3.85. The van der Waals surface area contributed by atoms with Crippen LogP contribution in [0.3, 0.4) is 0 Å². The number of nitrogens with two attached hydrogens (primary N) is 2. The third-order valence-corrected chi connectivity index (χ3v) is 5.59. The van der Waals surface area contributed by atoms with Crippen LogP contribution in [0.1, 0.15) is 49.2 Å². The predicted molar refractivity (Wildman–Crippen MR) is 137 cm³/mol. The monoisotopic (exact) mass is 479 g/mol. The molecule has 186 valence electrons. The molecule has 0 aliphatic rings. The maximum atomic E-state index is 12.3. The molecule has 0 saturated heterocycles. The van der Waals surface area contributed by atoms with Crippen molar-refractivity contribution < 1.29 is 19.1 Å². The zero-order valence-electron chi connectivity index (χ0n) is 20.6.